The Hall–Kier alpha value is -1.05. The van der Waals surface area contributed by atoms with Crippen molar-refractivity contribution in [1.82, 2.24) is 0 Å². The molecule has 0 aromatic rings. The highest BCUT2D eigenvalue weighted by Crippen LogP contribution is 2.23. The van der Waals surface area contributed by atoms with Crippen molar-refractivity contribution in [3.8, 4) is 0 Å². The molecule has 86 valence electrons. The second-order valence-electron chi connectivity index (χ2n) is 4.19. The first-order valence-electron chi connectivity index (χ1n) is 5.49. The summed E-state index contributed by atoms with van der Waals surface area (Å²) in [6.07, 6.45) is 9.41. The van der Waals surface area contributed by atoms with E-state index in [1.165, 1.54) is 0 Å². The summed E-state index contributed by atoms with van der Waals surface area (Å²) in [7, 11) is 0. The van der Waals surface area contributed by atoms with E-state index in [0.29, 0.717) is 6.61 Å². The van der Waals surface area contributed by atoms with Gasteiger partial charge in [-0.3, -0.25) is 4.79 Å². The van der Waals surface area contributed by atoms with Crippen LogP contribution in [-0.4, -0.2) is 12.6 Å². The molecule has 15 heavy (non-hydrogen) atoms. The fraction of sp³-hybridized carbons (Fsp3) is 0.615. The number of carbonyl (C=O) groups is 1. The van der Waals surface area contributed by atoms with E-state index in [4.69, 9.17) is 4.74 Å². The van der Waals surface area contributed by atoms with Crippen LogP contribution in [0.5, 0.6) is 0 Å². The van der Waals surface area contributed by atoms with Crippen molar-refractivity contribution < 1.29 is 9.53 Å². The molecule has 0 heterocycles. The summed E-state index contributed by atoms with van der Waals surface area (Å²) < 4.78 is 5.15. The third kappa shape index (κ3) is 6.10. The number of hydrogen-bond acceptors (Lipinski definition) is 2. The van der Waals surface area contributed by atoms with Crippen LogP contribution in [0.1, 0.15) is 40.5 Å². The van der Waals surface area contributed by atoms with Crippen LogP contribution >= 0.6 is 0 Å². The molecule has 0 radical (unpaired) electrons. The van der Waals surface area contributed by atoms with Crippen LogP contribution in [-0.2, 0) is 9.53 Å². The average molecular weight is 210 g/mol. The van der Waals surface area contributed by atoms with Gasteiger partial charge in [-0.2, -0.15) is 0 Å². The molecule has 0 atom stereocenters. The predicted molar refractivity (Wildman–Crippen MR) is 63.6 cm³/mol. The van der Waals surface area contributed by atoms with Crippen molar-refractivity contribution in [3.63, 3.8) is 0 Å². The van der Waals surface area contributed by atoms with Gasteiger partial charge >= 0.3 is 5.97 Å². The Balaban J connectivity index is 3.92. The summed E-state index contributed by atoms with van der Waals surface area (Å²) in [5.41, 5.74) is -0.358. The van der Waals surface area contributed by atoms with E-state index in [-0.39, 0.29) is 11.4 Å². The summed E-state index contributed by atoms with van der Waals surface area (Å²) in [6, 6.07) is 0. The van der Waals surface area contributed by atoms with E-state index < -0.39 is 0 Å². The van der Waals surface area contributed by atoms with Gasteiger partial charge in [0.15, 0.2) is 0 Å². The fourth-order valence-electron chi connectivity index (χ4n) is 1.29. The smallest absolute Gasteiger partial charge is 0.311 e. The van der Waals surface area contributed by atoms with Gasteiger partial charge in [0.2, 0.25) is 0 Å². The highest BCUT2D eigenvalue weighted by atomic mass is 16.5. The number of carbonyl (C=O) groups excluding carboxylic acids is 1. The van der Waals surface area contributed by atoms with E-state index in [1.807, 2.05) is 45.1 Å². The normalized spacial score (nSPS) is 12.5. The second kappa shape index (κ2) is 7.27. The molecule has 0 bridgehead atoms. The van der Waals surface area contributed by atoms with E-state index in [2.05, 4.69) is 6.92 Å². The SMILES string of the molecule is C/C=C/C=C\COC(=O)C(C)(C)CCC. The molecular formula is C13H22O2. The van der Waals surface area contributed by atoms with Gasteiger partial charge in [0, 0.05) is 0 Å². The molecule has 2 nitrogen and oxygen atoms in total. The number of ether oxygens (including phenoxy) is 1. The summed E-state index contributed by atoms with van der Waals surface area (Å²) in [6.45, 7) is 8.22. The molecule has 0 aliphatic carbocycles. The van der Waals surface area contributed by atoms with Crippen LogP contribution in [0.3, 0.4) is 0 Å². The largest absolute Gasteiger partial charge is 0.461 e. The summed E-state index contributed by atoms with van der Waals surface area (Å²) in [4.78, 5) is 11.6. The van der Waals surface area contributed by atoms with Crippen LogP contribution in [0.4, 0.5) is 0 Å². The first-order valence-corrected chi connectivity index (χ1v) is 5.49. The predicted octanol–water partition coefficient (Wildman–Crippen LogP) is 3.49. The Bertz CT molecular complexity index is 237. The minimum Gasteiger partial charge on any atom is -0.461 e. The van der Waals surface area contributed by atoms with Gasteiger partial charge in [0.1, 0.15) is 6.61 Å². The van der Waals surface area contributed by atoms with Crippen LogP contribution in [0.25, 0.3) is 0 Å². The topological polar surface area (TPSA) is 26.3 Å². The maximum atomic E-state index is 11.6. The first kappa shape index (κ1) is 13.9. The standard InChI is InChI=1S/C13H22O2/c1-5-7-8-9-11-15-12(14)13(3,4)10-6-2/h5,7-9H,6,10-11H2,1-4H3/b7-5+,9-8-. The molecule has 0 saturated heterocycles. The Kier molecular flexibility index (Phi) is 6.76. The highest BCUT2D eigenvalue weighted by molar-refractivity contribution is 5.75. The Morgan fingerprint density at radius 3 is 2.53 bits per heavy atom. The maximum absolute atomic E-state index is 11.6. The number of esters is 1. The Morgan fingerprint density at radius 2 is 2.00 bits per heavy atom. The first-order chi connectivity index (χ1) is 7.04. The van der Waals surface area contributed by atoms with Crippen molar-refractivity contribution >= 4 is 5.97 Å². The van der Waals surface area contributed by atoms with Crippen LogP contribution in [0, 0.1) is 5.41 Å². The molecule has 0 aliphatic rings. The highest BCUT2D eigenvalue weighted by Gasteiger charge is 2.27. The van der Waals surface area contributed by atoms with Crippen molar-refractivity contribution in [3.05, 3.63) is 24.3 Å². The molecule has 0 fully saturated rings. The third-order valence-corrected chi connectivity index (χ3v) is 2.18. The zero-order valence-corrected chi connectivity index (χ0v) is 10.2. The van der Waals surface area contributed by atoms with Crippen LogP contribution in [0.15, 0.2) is 24.3 Å². The number of hydrogen-bond donors (Lipinski definition) is 0. The minimum absolute atomic E-state index is 0.116. The molecule has 2 heteroatoms. The molecule has 0 aliphatic heterocycles. The van der Waals surface area contributed by atoms with Gasteiger partial charge in [0.05, 0.1) is 5.41 Å². The quantitative estimate of drug-likeness (QED) is 0.495. The summed E-state index contributed by atoms with van der Waals surface area (Å²) in [5.74, 6) is -0.116. The third-order valence-electron chi connectivity index (χ3n) is 2.18. The number of allylic oxidation sites excluding steroid dienone is 3. The molecule has 0 aromatic heterocycles. The van der Waals surface area contributed by atoms with E-state index in [9.17, 15) is 4.79 Å². The molecule has 0 aromatic carbocycles. The molecule has 0 amide bonds. The minimum atomic E-state index is -0.358. The average Bonchev–Trinajstić information content (AvgIpc) is 2.17. The van der Waals surface area contributed by atoms with Gasteiger partial charge in [-0.15, -0.1) is 0 Å². The lowest BCUT2D eigenvalue weighted by Crippen LogP contribution is -2.26. The van der Waals surface area contributed by atoms with Crippen molar-refractivity contribution in [2.45, 2.75) is 40.5 Å². The van der Waals surface area contributed by atoms with Gasteiger partial charge in [-0.05, 0) is 33.3 Å². The molecule has 0 saturated carbocycles. The van der Waals surface area contributed by atoms with E-state index in [1.54, 1.807) is 0 Å². The fourth-order valence-corrected chi connectivity index (χ4v) is 1.29. The molecule has 0 unspecified atom stereocenters. The van der Waals surface area contributed by atoms with Crippen LogP contribution in [0.2, 0.25) is 0 Å². The lowest BCUT2D eigenvalue weighted by atomic mass is 9.88. The molecule has 0 rings (SSSR count). The summed E-state index contributed by atoms with van der Waals surface area (Å²) >= 11 is 0. The number of rotatable bonds is 6. The molecule has 0 N–H and O–H groups in total. The van der Waals surface area contributed by atoms with Gasteiger partial charge in [-0.25, -0.2) is 0 Å². The lowest BCUT2D eigenvalue weighted by Gasteiger charge is -2.20. The van der Waals surface area contributed by atoms with Crippen molar-refractivity contribution in [2.75, 3.05) is 6.61 Å². The molecule has 0 spiro atoms. The van der Waals surface area contributed by atoms with Gasteiger partial charge < -0.3 is 4.74 Å². The molecular weight excluding hydrogens is 188 g/mol. The second-order valence-corrected chi connectivity index (χ2v) is 4.19. The lowest BCUT2D eigenvalue weighted by molar-refractivity contribution is -0.153. The van der Waals surface area contributed by atoms with E-state index >= 15 is 0 Å². The van der Waals surface area contributed by atoms with Crippen molar-refractivity contribution in [2.24, 2.45) is 5.41 Å². The van der Waals surface area contributed by atoms with Gasteiger partial charge in [0.25, 0.3) is 0 Å². The van der Waals surface area contributed by atoms with Crippen molar-refractivity contribution in [1.29, 1.82) is 0 Å². The Labute approximate surface area is 93.0 Å². The monoisotopic (exact) mass is 210 g/mol. The maximum Gasteiger partial charge on any atom is 0.311 e. The zero-order valence-electron chi connectivity index (χ0n) is 10.2. The van der Waals surface area contributed by atoms with Crippen LogP contribution < -0.4 is 0 Å². The summed E-state index contributed by atoms with van der Waals surface area (Å²) in [5, 5.41) is 0. The van der Waals surface area contributed by atoms with Gasteiger partial charge in [-0.1, -0.05) is 31.6 Å². The Morgan fingerprint density at radius 1 is 1.33 bits per heavy atom. The van der Waals surface area contributed by atoms with E-state index in [0.717, 1.165) is 12.8 Å². The zero-order chi connectivity index (χ0) is 11.7.